The topological polar surface area (TPSA) is 82.7 Å². The summed E-state index contributed by atoms with van der Waals surface area (Å²) in [6.07, 6.45) is 7.51. The van der Waals surface area contributed by atoms with Crippen molar-refractivity contribution in [3.63, 3.8) is 0 Å². The first-order valence-corrected chi connectivity index (χ1v) is 11.5. The van der Waals surface area contributed by atoms with Gasteiger partial charge in [0.05, 0.1) is 13.2 Å². The van der Waals surface area contributed by atoms with E-state index in [1.165, 1.54) is 35.8 Å². The van der Waals surface area contributed by atoms with Crippen LogP contribution in [-0.2, 0) is 14.8 Å². The van der Waals surface area contributed by atoms with E-state index in [9.17, 15) is 13.2 Å². The Morgan fingerprint density at radius 2 is 1.70 bits per heavy atom. The van der Waals surface area contributed by atoms with Gasteiger partial charge in [0.15, 0.2) is 0 Å². The second kappa shape index (κ2) is 6.60. The Bertz CT molecular complexity index is 816. The Morgan fingerprint density at radius 1 is 1.04 bits per heavy atom. The van der Waals surface area contributed by atoms with Gasteiger partial charge in [0.25, 0.3) is 5.91 Å². The summed E-state index contributed by atoms with van der Waals surface area (Å²) in [5.74, 6) is 2.10. The normalized spacial score (nSPS) is 34.0. The molecular formula is C19H27N3O4S. The Labute approximate surface area is 160 Å². The van der Waals surface area contributed by atoms with Crippen molar-refractivity contribution in [1.29, 1.82) is 0 Å². The number of hydrogen-bond acceptors (Lipinski definition) is 4. The van der Waals surface area contributed by atoms with Crippen LogP contribution in [0, 0.1) is 17.8 Å². The van der Waals surface area contributed by atoms with Gasteiger partial charge in [-0.1, -0.05) is 0 Å². The predicted molar refractivity (Wildman–Crippen MR) is 98.8 cm³/mol. The third-order valence-electron chi connectivity index (χ3n) is 6.86. The number of nitrogens with one attached hydrogen (secondary N) is 1. The average Bonchev–Trinajstić information content (AvgIpc) is 3.08. The molecule has 3 aliphatic heterocycles. The Balaban J connectivity index is 1.37. The van der Waals surface area contributed by atoms with Crippen LogP contribution in [0.15, 0.2) is 17.2 Å². The van der Waals surface area contributed by atoms with Crippen LogP contribution in [0.1, 0.15) is 42.6 Å². The van der Waals surface area contributed by atoms with Crippen LogP contribution in [0.2, 0.25) is 0 Å². The van der Waals surface area contributed by atoms with E-state index in [2.05, 4.69) is 4.98 Å². The molecule has 1 aromatic heterocycles. The van der Waals surface area contributed by atoms with Crippen molar-refractivity contribution in [3.8, 4) is 0 Å². The molecule has 4 bridgehead atoms. The smallest absolute Gasteiger partial charge is 0.270 e. The van der Waals surface area contributed by atoms with E-state index >= 15 is 0 Å². The average molecular weight is 394 g/mol. The van der Waals surface area contributed by atoms with Crippen LogP contribution in [0.4, 0.5) is 0 Å². The van der Waals surface area contributed by atoms with Gasteiger partial charge in [0.2, 0.25) is 10.0 Å². The highest BCUT2D eigenvalue weighted by Crippen LogP contribution is 2.47. The minimum absolute atomic E-state index is 0.0448. The quantitative estimate of drug-likeness (QED) is 0.847. The summed E-state index contributed by atoms with van der Waals surface area (Å²) < 4.78 is 32.3. The van der Waals surface area contributed by atoms with E-state index < -0.39 is 10.0 Å². The third-order valence-corrected chi connectivity index (χ3v) is 8.74. The van der Waals surface area contributed by atoms with Gasteiger partial charge in [-0.25, -0.2) is 8.42 Å². The summed E-state index contributed by atoms with van der Waals surface area (Å²) in [7, 11) is -3.58. The third kappa shape index (κ3) is 3.11. The number of H-pyrrole nitrogens is 1. The van der Waals surface area contributed by atoms with Crippen LogP contribution < -0.4 is 0 Å². The lowest BCUT2D eigenvalue weighted by Gasteiger charge is -2.38. The van der Waals surface area contributed by atoms with E-state index in [1.807, 2.05) is 4.90 Å². The van der Waals surface area contributed by atoms with Crippen molar-refractivity contribution in [2.45, 2.75) is 43.0 Å². The maximum absolute atomic E-state index is 13.2. The molecule has 1 aromatic rings. The summed E-state index contributed by atoms with van der Waals surface area (Å²) in [5.41, 5.74) is 0.392. The van der Waals surface area contributed by atoms with Crippen LogP contribution in [-0.4, -0.2) is 67.4 Å². The first-order valence-electron chi connectivity index (χ1n) is 10.1. The van der Waals surface area contributed by atoms with Crippen LogP contribution in [0.25, 0.3) is 0 Å². The van der Waals surface area contributed by atoms with Crippen LogP contribution in [0.5, 0.6) is 0 Å². The van der Waals surface area contributed by atoms with Crippen LogP contribution in [0.3, 0.4) is 0 Å². The summed E-state index contributed by atoms with van der Waals surface area (Å²) in [6.45, 7) is 2.36. The molecule has 2 atom stereocenters. The molecule has 2 aliphatic carbocycles. The van der Waals surface area contributed by atoms with Crippen molar-refractivity contribution in [2.75, 3.05) is 32.8 Å². The number of nitrogens with zero attached hydrogens (tertiary/aromatic N) is 2. The first-order chi connectivity index (χ1) is 13.0. The molecule has 6 rings (SSSR count). The molecule has 5 aliphatic rings. The molecule has 3 saturated heterocycles. The minimum atomic E-state index is -3.58. The first kappa shape index (κ1) is 17.7. The SMILES string of the molecule is O=C(c1cc(S(=O)(=O)N2CCOCC2)c[nH]1)N1CC2CC3CC(C2)CC1C3. The summed E-state index contributed by atoms with van der Waals surface area (Å²) in [6, 6.07) is 1.83. The van der Waals surface area contributed by atoms with Crippen LogP contribution >= 0.6 is 0 Å². The van der Waals surface area contributed by atoms with Crippen molar-refractivity contribution in [2.24, 2.45) is 17.8 Å². The van der Waals surface area contributed by atoms with Gasteiger partial charge >= 0.3 is 0 Å². The molecule has 0 spiro atoms. The van der Waals surface area contributed by atoms with Gasteiger partial charge in [0, 0.05) is 31.9 Å². The van der Waals surface area contributed by atoms with E-state index in [1.54, 1.807) is 0 Å². The second-order valence-electron chi connectivity index (χ2n) is 8.65. The lowest BCUT2D eigenvalue weighted by molar-refractivity contribution is 0.0627. The van der Waals surface area contributed by atoms with E-state index in [0.717, 1.165) is 31.2 Å². The van der Waals surface area contributed by atoms with Gasteiger partial charge < -0.3 is 14.6 Å². The maximum atomic E-state index is 13.2. The lowest BCUT2D eigenvalue weighted by Crippen LogP contribution is -2.42. The number of fused-ring (bicyclic) bond motifs is 1. The maximum Gasteiger partial charge on any atom is 0.270 e. The zero-order valence-electron chi connectivity index (χ0n) is 15.5. The van der Waals surface area contributed by atoms with Crippen molar-refractivity contribution in [1.82, 2.24) is 14.2 Å². The fourth-order valence-electron chi connectivity index (χ4n) is 5.77. The number of carbonyl (C=O) groups is 1. The molecule has 8 heteroatoms. The van der Waals surface area contributed by atoms with E-state index in [4.69, 9.17) is 4.74 Å². The highest BCUT2D eigenvalue weighted by Gasteiger charge is 2.44. The summed E-state index contributed by atoms with van der Waals surface area (Å²) in [4.78, 5) is 18.3. The standard InChI is InChI=1S/C19H27N3O4S/c23-19(22-12-15-6-13-5-14(7-15)9-16(22)8-13)18-10-17(11-20-18)27(24,25)21-1-3-26-4-2-21/h10-11,13-16,20H,1-9,12H2. The molecule has 1 N–H and O–H groups in total. The molecular weight excluding hydrogens is 366 g/mol. The molecule has 2 saturated carbocycles. The van der Waals surface area contributed by atoms with Gasteiger partial charge in [-0.2, -0.15) is 4.31 Å². The number of ether oxygens (including phenoxy) is 1. The van der Waals surface area contributed by atoms with Crippen molar-refractivity contribution >= 4 is 15.9 Å². The zero-order valence-corrected chi connectivity index (χ0v) is 16.3. The van der Waals surface area contributed by atoms with Gasteiger partial charge in [0.1, 0.15) is 10.6 Å². The zero-order chi connectivity index (χ0) is 18.6. The van der Waals surface area contributed by atoms with Crippen molar-refractivity contribution < 1.29 is 17.9 Å². The van der Waals surface area contributed by atoms with Gasteiger partial charge in [-0.05, 0) is 55.9 Å². The number of carbonyl (C=O) groups excluding carboxylic acids is 1. The Morgan fingerprint density at radius 3 is 2.41 bits per heavy atom. The molecule has 1 amide bonds. The number of hydrogen-bond donors (Lipinski definition) is 1. The van der Waals surface area contributed by atoms with E-state index in [-0.39, 0.29) is 10.8 Å². The monoisotopic (exact) mass is 393 g/mol. The molecule has 5 fully saturated rings. The number of aromatic amines is 1. The lowest BCUT2D eigenvalue weighted by atomic mass is 9.68. The fourth-order valence-corrected chi connectivity index (χ4v) is 7.17. The second-order valence-corrected chi connectivity index (χ2v) is 10.6. The minimum Gasteiger partial charge on any atom is -0.379 e. The summed E-state index contributed by atoms with van der Waals surface area (Å²) in [5, 5.41) is 0. The Kier molecular flexibility index (Phi) is 4.33. The molecule has 7 nitrogen and oxygen atoms in total. The number of aromatic nitrogens is 1. The molecule has 0 radical (unpaired) electrons. The molecule has 4 heterocycles. The number of sulfonamides is 1. The van der Waals surface area contributed by atoms with Gasteiger partial charge in [-0.15, -0.1) is 0 Å². The largest absolute Gasteiger partial charge is 0.379 e. The predicted octanol–water partition coefficient (Wildman–Crippen LogP) is 1.69. The molecule has 27 heavy (non-hydrogen) atoms. The summed E-state index contributed by atoms with van der Waals surface area (Å²) >= 11 is 0. The number of rotatable bonds is 3. The highest BCUT2D eigenvalue weighted by molar-refractivity contribution is 7.89. The number of amides is 1. The Hall–Kier alpha value is -1.38. The van der Waals surface area contributed by atoms with Crippen molar-refractivity contribution in [3.05, 3.63) is 18.0 Å². The fraction of sp³-hybridized carbons (Fsp3) is 0.737. The number of morpholine rings is 1. The highest BCUT2D eigenvalue weighted by atomic mass is 32.2. The molecule has 0 aromatic carbocycles. The van der Waals surface area contributed by atoms with E-state index in [0.29, 0.717) is 44.0 Å². The molecule has 148 valence electrons. The van der Waals surface area contributed by atoms with Gasteiger partial charge in [-0.3, -0.25) is 4.79 Å². The molecule has 2 unspecified atom stereocenters.